The third kappa shape index (κ3) is 3.25. The fourth-order valence-electron chi connectivity index (χ4n) is 2.58. The molecule has 1 saturated heterocycles. The summed E-state index contributed by atoms with van der Waals surface area (Å²) in [6, 6.07) is 2.79. The number of piperidine rings is 1. The van der Waals surface area contributed by atoms with E-state index in [0.29, 0.717) is 12.1 Å². The van der Waals surface area contributed by atoms with Gasteiger partial charge in [-0.15, -0.1) is 0 Å². The smallest absolute Gasteiger partial charge is 0.00963 e. The summed E-state index contributed by atoms with van der Waals surface area (Å²) in [5, 5.41) is 3.64. The van der Waals surface area contributed by atoms with Crippen LogP contribution < -0.4 is 5.32 Å². The summed E-state index contributed by atoms with van der Waals surface area (Å²) in [7, 11) is 0. The van der Waals surface area contributed by atoms with E-state index in [1.54, 1.807) is 0 Å². The fourth-order valence-corrected chi connectivity index (χ4v) is 2.58. The van der Waals surface area contributed by atoms with Crippen LogP contribution in [0.4, 0.5) is 0 Å². The van der Waals surface area contributed by atoms with E-state index in [1.165, 1.54) is 19.4 Å². The van der Waals surface area contributed by atoms with Crippen molar-refractivity contribution in [3.05, 3.63) is 0 Å². The van der Waals surface area contributed by atoms with Gasteiger partial charge < -0.3 is 5.32 Å². The molecule has 14 heavy (non-hydrogen) atoms. The third-order valence-corrected chi connectivity index (χ3v) is 3.16. The van der Waals surface area contributed by atoms with Gasteiger partial charge in [0.05, 0.1) is 0 Å². The summed E-state index contributed by atoms with van der Waals surface area (Å²) >= 11 is 0. The van der Waals surface area contributed by atoms with Crippen molar-refractivity contribution >= 4 is 0 Å². The van der Waals surface area contributed by atoms with E-state index in [2.05, 4.69) is 44.8 Å². The van der Waals surface area contributed by atoms with Crippen molar-refractivity contribution in [1.29, 1.82) is 0 Å². The molecule has 1 aliphatic heterocycles. The van der Waals surface area contributed by atoms with Gasteiger partial charge in [-0.05, 0) is 33.6 Å². The lowest BCUT2D eigenvalue weighted by molar-refractivity contribution is 0.101. The van der Waals surface area contributed by atoms with E-state index in [9.17, 15) is 0 Å². The zero-order chi connectivity index (χ0) is 10.7. The molecule has 1 rings (SSSR count). The number of likely N-dealkylation sites (tertiary alicyclic amines) is 1. The Morgan fingerprint density at radius 2 is 1.86 bits per heavy atom. The molecule has 0 radical (unpaired) electrons. The Labute approximate surface area is 89.1 Å². The number of hydrogen-bond donors (Lipinski definition) is 1. The Morgan fingerprint density at radius 1 is 1.21 bits per heavy atom. The molecule has 0 aromatic carbocycles. The largest absolute Gasteiger partial charge is 0.312 e. The highest BCUT2D eigenvalue weighted by Crippen LogP contribution is 2.19. The second-order valence-electron chi connectivity index (χ2n) is 5.22. The number of nitrogens with one attached hydrogen (secondary N) is 1. The normalized spacial score (nSPS) is 30.2. The van der Waals surface area contributed by atoms with Crippen LogP contribution in [0.3, 0.4) is 0 Å². The lowest BCUT2D eigenvalue weighted by Crippen LogP contribution is -2.51. The summed E-state index contributed by atoms with van der Waals surface area (Å²) in [4.78, 5) is 2.61. The molecule has 0 amide bonds. The van der Waals surface area contributed by atoms with Crippen molar-refractivity contribution in [1.82, 2.24) is 10.2 Å². The lowest BCUT2D eigenvalue weighted by atomic mass is 9.96. The van der Waals surface area contributed by atoms with Gasteiger partial charge in [-0.25, -0.2) is 0 Å². The van der Waals surface area contributed by atoms with Gasteiger partial charge in [0.2, 0.25) is 0 Å². The van der Waals surface area contributed by atoms with Crippen molar-refractivity contribution < 1.29 is 0 Å². The van der Waals surface area contributed by atoms with Crippen molar-refractivity contribution in [3.8, 4) is 0 Å². The Morgan fingerprint density at radius 3 is 2.29 bits per heavy atom. The Kier molecular flexibility index (Phi) is 4.39. The van der Waals surface area contributed by atoms with Crippen LogP contribution in [0.25, 0.3) is 0 Å². The maximum Gasteiger partial charge on any atom is 0.00963 e. The molecule has 0 bridgehead atoms. The molecule has 1 aliphatic rings. The molecule has 1 heterocycles. The van der Waals surface area contributed by atoms with E-state index >= 15 is 0 Å². The molecule has 0 saturated carbocycles. The molecule has 0 spiro atoms. The predicted molar refractivity (Wildman–Crippen MR) is 62.6 cm³/mol. The average Bonchev–Trinajstić information content (AvgIpc) is 2.01. The second kappa shape index (κ2) is 5.13. The van der Waals surface area contributed by atoms with Gasteiger partial charge >= 0.3 is 0 Å². The van der Waals surface area contributed by atoms with Crippen molar-refractivity contribution in [2.75, 3.05) is 6.54 Å². The minimum Gasteiger partial charge on any atom is -0.312 e. The van der Waals surface area contributed by atoms with E-state index in [0.717, 1.165) is 12.1 Å². The van der Waals surface area contributed by atoms with Crippen LogP contribution >= 0.6 is 0 Å². The highest BCUT2D eigenvalue weighted by Gasteiger charge is 2.26. The maximum absolute atomic E-state index is 3.64. The molecule has 2 nitrogen and oxygen atoms in total. The zero-order valence-electron chi connectivity index (χ0n) is 10.4. The first-order chi connectivity index (χ1) is 6.50. The molecule has 0 aromatic rings. The van der Waals surface area contributed by atoms with Gasteiger partial charge in [-0.1, -0.05) is 13.8 Å². The second-order valence-corrected chi connectivity index (χ2v) is 5.22. The number of rotatable bonds is 3. The van der Waals surface area contributed by atoms with Crippen molar-refractivity contribution in [3.63, 3.8) is 0 Å². The highest BCUT2D eigenvalue weighted by molar-refractivity contribution is 4.85. The minimum atomic E-state index is 0.623. The summed E-state index contributed by atoms with van der Waals surface area (Å²) in [5.41, 5.74) is 0. The predicted octanol–water partition coefficient (Wildman–Crippen LogP) is 2.25. The van der Waals surface area contributed by atoms with Gasteiger partial charge in [0.1, 0.15) is 0 Å². The SMILES string of the molecule is CC(C)N[C@H]1CCN(C(C)C)[C@@H](C)C1. The molecule has 2 atom stereocenters. The molecule has 0 unspecified atom stereocenters. The van der Waals surface area contributed by atoms with Crippen molar-refractivity contribution in [2.45, 2.75) is 71.6 Å². The molecular formula is C12H26N2. The Balaban J connectivity index is 2.39. The van der Waals surface area contributed by atoms with E-state index < -0.39 is 0 Å². The van der Waals surface area contributed by atoms with Gasteiger partial charge in [0.15, 0.2) is 0 Å². The summed E-state index contributed by atoms with van der Waals surface area (Å²) in [6.45, 7) is 12.7. The first kappa shape index (κ1) is 12.0. The molecular weight excluding hydrogens is 172 g/mol. The quantitative estimate of drug-likeness (QED) is 0.748. The van der Waals surface area contributed by atoms with E-state index in [-0.39, 0.29) is 0 Å². The fraction of sp³-hybridized carbons (Fsp3) is 1.00. The van der Waals surface area contributed by atoms with Gasteiger partial charge in [-0.2, -0.15) is 0 Å². The van der Waals surface area contributed by atoms with Crippen LogP contribution in [0.15, 0.2) is 0 Å². The van der Waals surface area contributed by atoms with Crippen LogP contribution in [0.1, 0.15) is 47.5 Å². The monoisotopic (exact) mass is 198 g/mol. The standard InChI is InChI=1S/C12H26N2/c1-9(2)13-12-6-7-14(10(3)4)11(5)8-12/h9-13H,6-8H2,1-5H3/t11-,12-/m0/s1. The zero-order valence-corrected chi connectivity index (χ0v) is 10.4. The van der Waals surface area contributed by atoms with Crippen LogP contribution in [-0.4, -0.2) is 35.6 Å². The van der Waals surface area contributed by atoms with Gasteiger partial charge in [-0.3, -0.25) is 4.90 Å². The number of hydrogen-bond acceptors (Lipinski definition) is 2. The first-order valence-electron chi connectivity index (χ1n) is 6.02. The van der Waals surface area contributed by atoms with E-state index in [4.69, 9.17) is 0 Å². The summed E-state index contributed by atoms with van der Waals surface area (Å²) in [5.74, 6) is 0. The molecule has 84 valence electrons. The number of nitrogens with zero attached hydrogens (tertiary/aromatic N) is 1. The minimum absolute atomic E-state index is 0.623. The Hall–Kier alpha value is -0.0800. The molecule has 0 aromatic heterocycles. The topological polar surface area (TPSA) is 15.3 Å². The van der Waals surface area contributed by atoms with Crippen molar-refractivity contribution in [2.24, 2.45) is 0 Å². The molecule has 1 N–H and O–H groups in total. The van der Waals surface area contributed by atoms with Gasteiger partial charge in [0.25, 0.3) is 0 Å². The van der Waals surface area contributed by atoms with E-state index in [1.807, 2.05) is 0 Å². The molecule has 2 heteroatoms. The highest BCUT2D eigenvalue weighted by atomic mass is 15.2. The van der Waals surface area contributed by atoms with Gasteiger partial charge in [0, 0.05) is 30.7 Å². The summed E-state index contributed by atoms with van der Waals surface area (Å²) in [6.07, 6.45) is 2.61. The van der Waals surface area contributed by atoms with Crippen LogP contribution in [0, 0.1) is 0 Å². The lowest BCUT2D eigenvalue weighted by Gasteiger charge is -2.41. The molecule has 0 aliphatic carbocycles. The van der Waals surface area contributed by atoms with Crippen LogP contribution in [0.5, 0.6) is 0 Å². The molecule has 1 fully saturated rings. The average molecular weight is 198 g/mol. The third-order valence-electron chi connectivity index (χ3n) is 3.16. The maximum atomic E-state index is 3.64. The van der Waals surface area contributed by atoms with Crippen LogP contribution in [-0.2, 0) is 0 Å². The Bertz CT molecular complexity index is 166. The summed E-state index contributed by atoms with van der Waals surface area (Å²) < 4.78 is 0. The van der Waals surface area contributed by atoms with Crippen LogP contribution in [0.2, 0.25) is 0 Å². The first-order valence-corrected chi connectivity index (χ1v) is 6.02.